The number of hydrogen-bond donors (Lipinski definition) is 1. The molecule has 0 atom stereocenters. The molecule has 0 unspecified atom stereocenters. The Kier molecular flexibility index (Phi) is 6.02. The highest BCUT2D eigenvalue weighted by atomic mass is 32.2. The number of hydrogen-bond acceptors (Lipinski definition) is 5. The van der Waals surface area contributed by atoms with Crippen LogP contribution >= 0.6 is 0 Å². The summed E-state index contributed by atoms with van der Waals surface area (Å²) in [5.41, 5.74) is 0.646. The number of aryl methyl sites for hydroxylation is 1. The molecule has 4 saturated carbocycles. The predicted molar refractivity (Wildman–Crippen MR) is 124 cm³/mol. The third-order valence-electron chi connectivity index (χ3n) is 8.21. The molecule has 1 N–H and O–H groups in total. The summed E-state index contributed by atoms with van der Waals surface area (Å²) in [7, 11) is -3.61. The van der Waals surface area contributed by atoms with Gasteiger partial charge in [0, 0.05) is 18.8 Å². The number of carbonyl (C=O) groups excluding carboxylic acids is 2. The Hall–Kier alpha value is -1.93. The van der Waals surface area contributed by atoms with E-state index < -0.39 is 21.3 Å². The zero-order valence-corrected chi connectivity index (χ0v) is 20.2. The van der Waals surface area contributed by atoms with Gasteiger partial charge in [0.2, 0.25) is 10.0 Å². The van der Waals surface area contributed by atoms with E-state index in [0.29, 0.717) is 42.1 Å². The van der Waals surface area contributed by atoms with Crippen LogP contribution in [0.2, 0.25) is 0 Å². The van der Waals surface area contributed by atoms with E-state index in [4.69, 9.17) is 4.74 Å². The van der Waals surface area contributed by atoms with Crippen LogP contribution in [0.1, 0.15) is 63.4 Å². The van der Waals surface area contributed by atoms with Crippen molar-refractivity contribution in [1.82, 2.24) is 4.31 Å². The second-order valence-corrected chi connectivity index (χ2v) is 12.7. The molecule has 180 valence electrons. The van der Waals surface area contributed by atoms with Crippen molar-refractivity contribution in [1.29, 1.82) is 0 Å². The van der Waals surface area contributed by atoms with E-state index in [1.807, 2.05) is 0 Å². The van der Waals surface area contributed by atoms with Crippen molar-refractivity contribution in [3.05, 3.63) is 23.8 Å². The van der Waals surface area contributed by atoms with Gasteiger partial charge in [0.05, 0.1) is 10.3 Å². The topological polar surface area (TPSA) is 92.8 Å². The first kappa shape index (κ1) is 22.8. The summed E-state index contributed by atoms with van der Waals surface area (Å²) in [6, 6.07) is 4.90. The van der Waals surface area contributed by atoms with E-state index in [-0.39, 0.29) is 17.5 Å². The Balaban J connectivity index is 1.22. The highest BCUT2D eigenvalue weighted by Gasteiger charge is 2.55. The van der Waals surface area contributed by atoms with Gasteiger partial charge in [-0.1, -0.05) is 12.5 Å². The molecule has 4 bridgehead atoms. The molecule has 7 nitrogen and oxygen atoms in total. The van der Waals surface area contributed by atoms with Crippen molar-refractivity contribution in [2.45, 2.75) is 69.6 Å². The lowest BCUT2D eigenvalue weighted by Crippen LogP contribution is -2.50. The van der Waals surface area contributed by atoms with E-state index in [1.54, 1.807) is 19.1 Å². The largest absolute Gasteiger partial charge is 0.455 e. The molecule has 0 spiro atoms. The molecular formula is C25H34N2O5S. The van der Waals surface area contributed by atoms with Crippen LogP contribution in [-0.2, 0) is 24.3 Å². The molecule has 1 amide bonds. The number of piperidine rings is 1. The Bertz CT molecular complexity index is 1010. The number of nitrogens with one attached hydrogen (secondary N) is 1. The normalized spacial score (nSPS) is 31.4. The van der Waals surface area contributed by atoms with Gasteiger partial charge in [-0.2, -0.15) is 4.31 Å². The lowest BCUT2D eigenvalue weighted by atomic mass is 9.49. The Morgan fingerprint density at radius 3 is 2.24 bits per heavy atom. The van der Waals surface area contributed by atoms with Crippen LogP contribution in [0.5, 0.6) is 0 Å². The van der Waals surface area contributed by atoms with Crippen LogP contribution < -0.4 is 5.32 Å². The summed E-state index contributed by atoms with van der Waals surface area (Å²) in [6.45, 7) is 2.47. The van der Waals surface area contributed by atoms with Gasteiger partial charge in [-0.15, -0.1) is 0 Å². The maximum atomic E-state index is 13.1. The number of sulfonamides is 1. The van der Waals surface area contributed by atoms with E-state index in [2.05, 4.69) is 5.32 Å². The molecular weight excluding hydrogens is 440 g/mol. The fourth-order valence-electron chi connectivity index (χ4n) is 7.04. The molecule has 1 saturated heterocycles. The van der Waals surface area contributed by atoms with E-state index in [0.717, 1.165) is 38.5 Å². The fraction of sp³-hybridized carbons (Fsp3) is 0.680. The van der Waals surface area contributed by atoms with E-state index >= 15 is 0 Å². The summed E-state index contributed by atoms with van der Waals surface area (Å²) in [5.74, 6) is 1.22. The summed E-state index contributed by atoms with van der Waals surface area (Å²) in [5, 5.41) is 2.71. The number of anilines is 1. The molecule has 0 radical (unpaired) electrons. The first-order valence-corrected chi connectivity index (χ1v) is 13.8. The van der Waals surface area contributed by atoms with E-state index in [1.165, 1.54) is 29.6 Å². The molecule has 4 aliphatic carbocycles. The fourth-order valence-corrected chi connectivity index (χ4v) is 8.81. The van der Waals surface area contributed by atoms with Gasteiger partial charge in [0.1, 0.15) is 0 Å². The zero-order valence-electron chi connectivity index (χ0n) is 19.3. The average molecular weight is 475 g/mol. The Labute approximate surface area is 196 Å². The molecule has 1 aromatic carbocycles. The van der Waals surface area contributed by atoms with Crippen molar-refractivity contribution in [3.63, 3.8) is 0 Å². The van der Waals surface area contributed by atoms with Crippen molar-refractivity contribution < 1.29 is 22.7 Å². The summed E-state index contributed by atoms with van der Waals surface area (Å²) in [6.07, 6.45) is 9.19. The van der Waals surface area contributed by atoms with Crippen LogP contribution in [0.25, 0.3) is 0 Å². The van der Waals surface area contributed by atoms with Crippen LogP contribution in [0.4, 0.5) is 5.69 Å². The van der Waals surface area contributed by atoms with Crippen LogP contribution in [0.15, 0.2) is 23.1 Å². The predicted octanol–water partition coefficient (Wildman–Crippen LogP) is 3.87. The smallest absolute Gasteiger partial charge is 0.312 e. The van der Waals surface area contributed by atoms with Crippen LogP contribution in [0.3, 0.4) is 0 Å². The molecule has 1 aromatic rings. The third-order valence-corrected chi connectivity index (χ3v) is 10.3. The van der Waals surface area contributed by atoms with Gasteiger partial charge < -0.3 is 10.1 Å². The summed E-state index contributed by atoms with van der Waals surface area (Å²) in [4.78, 5) is 25.7. The first-order chi connectivity index (χ1) is 15.7. The molecule has 6 rings (SSSR count). The van der Waals surface area contributed by atoms with Crippen LogP contribution in [0, 0.1) is 30.1 Å². The Morgan fingerprint density at radius 1 is 1.03 bits per heavy atom. The molecule has 33 heavy (non-hydrogen) atoms. The number of esters is 1. The Morgan fingerprint density at radius 2 is 1.64 bits per heavy atom. The van der Waals surface area contributed by atoms with Crippen molar-refractivity contribution in [2.24, 2.45) is 23.2 Å². The molecule has 5 aliphatic rings. The number of ether oxygens (including phenoxy) is 1. The molecule has 8 heteroatoms. The lowest BCUT2D eigenvalue weighted by molar-refractivity contribution is -0.172. The summed E-state index contributed by atoms with van der Waals surface area (Å²) >= 11 is 0. The number of nitrogens with zero attached hydrogens (tertiary/aromatic N) is 1. The second-order valence-electron chi connectivity index (χ2n) is 10.8. The zero-order chi connectivity index (χ0) is 23.2. The number of carbonyl (C=O) groups is 2. The highest BCUT2D eigenvalue weighted by Crippen LogP contribution is 2.60. The minimum atomic E-state index is -3.61. The van der Waals surface area contributed by atoms with Gasteiger partial charge in [-0.25, -0.2) is 8.42 Å². The van der Waals surface area contributed by atoms with Gasteiger partial charge in [0.15, 0.2) is 6.61 Å². The van der Waals surface area contributed by atoms with Crippen molar-refractivity contribution in [2.75, 3.05) is 25.0 Å². The van der Waals surface area contributed by atoms with Crippen molar-refractivity contribution in [3.8, 4) is 0 Å². The average Bonchev–Trinajstić information content (AvgIpc) is 2.78. The van der Waals surface area contributed by atoms with Crippen molar-refractivity contribution >= 4 is 27.6 Å². The number of amides is 1. The third kappa shape index (κ3) is 4.44. The second kappa shape index (κ2) is 8.69. The minimum absolute atomic E-state index is 0.216. The van der Waals surface area contributed by atoms with E-state index in [9.17, 15) is 18.0 Å². The molecule has 0 aromatic heterocycles. The minimum Gasteiger partial charge on any atom is -0.455 e. The maximum absolute atomic E-state index is 13.1. The molecule has 1 heterocycles. The molecule has 5 fully saturated rings. The van der Waals surface area contributed by atoms with Gasteiger partial charge >= 0.3 is 5.97 Å². The quantitative estimate of drug-likeness (QED) is 0.632. The van der Waals surface area contributed by atoms with Gasteiger partial charge in [0.25, 0.3) is 5.91 Å². The van der Waals surface area contributed by atoms with Crippen LogP contribution in [-0.4, -0.2) is 44.3 Å². The van der Waals surface area contributed by atoms with Gasteiger partial charge in [-0.3, -0.25) is 9.59 Å². The molecule has 1 aliphatic heterocycles. The first-order valence-electron chi connectivity index (χ1n) is 12.3. The SMILES string of the molecule is Cc1ccc(NC(=O)COC(=O)C23CC4CC(CC(C4)C2)C3)cc1S(=O)(=O)N1CCCCC1. The lowest BCUT2D eigenvalue weighted by Gasteiger charge is -2.55. The van der Waals surface area contributed by atoms with Gasteiger partial charge in [-0.05, 0) is 93.7 Å². The number of rotatable bonds is 6. The maximum Gasteiger partial charge on any atom is 0.312 e. The monoisotopic (exact) mass is 474 g/mol. The standard InChI is InChI=1S/C25H34N2O5S/c1-17-5-6-21(12-22(17)33(30,31)27-7-3-2-4-8-27)26-23(28)16-32-24(29)25-13-18-9-19(14-25)11-20(10-18)15-25/h5-6,12,18-20H,2-4,7-11,13-16H2,1H3,(H,26,28). The highest BCUT2D eigenvalue weighted by molar-refractivity contribution is 7.89. The number of benzene rings is 1. The summed E-state index contributed by atoms with van der Waals surface area (Å²) < 4.78 is 33.2.